The molecule has 0 saturated heterocycles. The molecule has 0 fully saturated rings. The van der Waals surface area contributed by atoms with E-state index in [4.69, 9.17) is 0 Å². The van der Waals surface area contributed by atoms with Crippen LogP contribution in [-0.4, -0.2) is 0 Å². The number of thiophene rings is 1. The third-order valence-electron chi connectivity index (χ3n) is 1.96. The normalized spacial score (nSPS) is 13.3. The van der Waals surface area contributed by atoms with Gasteiger partial charge in [-0.1, -0.05) is 0 Å². The molecule has 0 spiro atoms. The Morgan fingerprint density at radius 3 is 1.13 bits per heavy atom. The zero-order valence-corrected chi connectivity index (χ0v) is 8.49. The lowest BCUT2D eigenvalue weighted by molar-refractivity contribution is -0.135. The molecule has 1 rings (SSSR count). The van der Waals surface area contributed by atoms with Crippen molar-refractivity contribution in [1.29, 1.82) is 0 Å². The van der Waals surface area contributed by atoms with Crippen LogP contribution in [0.3, 0.4) is 0 Å². The van der Waals surface area contributed by atoms with Gasteiger partial charge in [0.25, 0.3) is 0 Å². The lowest BCUT2D eigenvalue weighted by Crippen LogP contribution is -2.03. The third-order valence-corrected chi connectivity index (χ3v) is 3.45. The number of hydrogen-bond donors (Lipinski definition) is 0. The molecule has 0 amide bonds. The molecule has 0 aliphatic carbocycles. The summed E-state index contributed by atoms with van der Waals surface area (Å²) in [7, 11) is 0. The van der Waals surface area contributed by atoms with Crippen LogP contribution in [0.2, 0.25) is 0 Å². The van der Waals surface area contributed by atoms with Crippen molar-refractivity contribution >= 4 is 11.3 Å². The van der Waals surface area contributed by atoms with Gasteiger partial charge in [-0.3, -0.25) is 0 Å². The summed E-state index contributed by atoms with van der Waals surface area (Å²) in [6.45, 7) is 2.09. The zero-order chi connectivity index (χ0) is 12.0. The molecule has 0 aromatic carbocycles. The molecule has 7 heteroatoms. The minimum atomic E-state index is -4.72. The summed E-state index contributed by atoms with van der Waals surface area (Å²) in [5.41, 5.74) is -0.695. The van der Waals surface area contributed by atoms with Crippen LogP contribution in [0.4, 0.5) is 26.3 Å². The van der Waals surface area contributed by atoms with Gasteiger partial charge in [0.05, 0.1) is 0 Å². The average molecular weight is 248 g/mol. The van der Waals surface area contributed by atoms with Crippen molar-refractivity contribution in [3.8, 4) is 0 Å². The first-order chi connectivity index (χ1) is 6.55. The smallest absolute Gasteiger partial charge is 0.165 e. The highest BCUT2D eigenvalue weighted by Gasteiger charge is 2.42. The molecule has 0 saturated carbocycles. The monoisotopic (exact) mass is 248 g/mol. The molecule has 1 aromatic heterocycles. The summed E-state index contributed by atoms with van der Waals surface area (Å²) < 4.78 is 73.6. The fourth-order valence-electron chi connectivity index (χ4n) is 1.14. The summed E-state index contributed by atoms with van der Waals surface area (Å²) >= 11 is -0.250. The maximum Gasteiger partial charge on any atom is 0.425 e. The van der Waals surface area contributed by atoms with E-state index in [1.165, 1.54) is 0 Å². The summed E-state index contributed by atoms with van der Waals surface area (Å²) in [4.78, 5) is -2.35. The van der Waals surface area contributed by atoms with Gasteiger partial charge >= 0.3 is 12.4 Å². The van der Waals surface area contributed by atoms with Crippen LogP contribution in [0, 0.1) is 13.8 Å². The Labute approximate surface area is 85.5 Å². The van der Waals surface area contributed by atoms with E-state index < -0.39 is 22.1 Å². The average Bonchev–Trinajstić information content (AvgIpc) is 2.26. The van der Waals surface area contributed by atoms with E-state index >= 15 is 0 Å². The lowest BCUT2D eigenvalue weighted by atomic mass is 10.1. The lowest BCUT2D eigenvalue weighted by Gasteiger charge is -2.03. The number of rotatable bonds is 0. The van der Waals surface area contributed by atoms with E-state index in [-0.39, 0.29) is 22.5 Å². The Morgan fingerprint density at radius 2 is 1.00 bits per heavy atom. The minimum absolute atomic E-state index is 0.250. The topological polar surface area (TPSA) is 0 Å². The second kappa shape index (κ2) is 3.40. The van der Waals surface area contributed by atoms with Gasteiger partial charge in [-0.25, -0.2) is 0 Å². The molecule has 0 bridgehead atoms. The van der Waals surface area contributed by atoms with Gasteiger partial charge in [0.1, 0.15) is 9.75 Å². The molecule has 0 aliphatic heterocycles. The summed E-state index contributed by atoms with van der Waals surface area (Å²) in [5.74, 6) is 0. The van der Waals surface area contributed by atoms with Gasteiger partial charge in [0, 0.05) is 0 Å². The van der Waals surface area contributed by atoms with Crippen LogP contribution in [0.1, 0.15) is 20.9 Å². The van der Waals surface area contributed by atoms with Gasteiger partial charge < -0.3 is 0 Å². The Morgan fingerprint density at radius 1 is 0.733 bits per heavy atom. The summed E-state index contributed by atoms with van der Waals surface area (Å²) in [6.07, 6.45) is -9.44. The number of alkyl halides is 6. The van der Waals surface area contributed by atoms with Crippen LogP contribution in [0.5, 0.6) is 0 Å². The highest BCUT2D eigenvalue weighted by Crippen LogP contribution is 2.45. The van der Waals surface area contributed by atoms with Crippen LogP contribution < -0.4 is 0 Å². The van der Waals surface area contributed by atoms with E-state index in [0.717, 1.165) is 13.8 Å². The van der Waals surface area contributed by atoms with Crippen molar-refractivity contribution in [1.82, 2.24) is 0 Å². The predicted molar refractivity (Wildman–Crippen MR) is 43.8 cm³/mol. The van der Waals surface area contributed by atoms with E-state index in [1.807, 2.05) is 0 Å². The SMILES string of the molecule is Cc1c(C(F)(F)F)sc(C(F)(F)F)c1C. The third kappa shape index (κ3) is 2.27. The van der Waals surface area contributed by atoms with Crippen LogP contribution >= 0.6 is 11.3 Å². The highest BCUT2D eigenvalue weighted by molar-refractivity contribution is 7.12. The Balaban J connectivity index is 3.38. The van der Waals surface area contributed by atoms with E-state index in [2.05, 4.69) is 0 Å². The van der Waals surface area contributed by atoms with Crippen LogP contribution in [-0.2, 0) is 12.4 Å². The molecular formula is C8H6F6S. The van der Waals surface area contributed by atoms with Crippen molar-refractivity contribution in [2.45, 2.75) is 26.2 Å². The van der Waals surface area contributed by atoms with E-state index in [1.54, 1.807) is 0 Å². The summed E-state index contributed by atoms with van der Waals surface area (Å²) in [6, 6.07) is 0. The second-order valence-corrected chi connectivity index (χ2v) is 4.03. The van der Waals surface area contributed by atoms with Crippen molar-refractivity contribution in [2.75, 3.05) is 0 Å². The van der Waals surface area contributed by atoms with Gasteiger partial charge in [-0.15, -0.1) is 11.3 Å². The standard InChI is InChI=1S/C8H6F6S/c1-3-4(2)6(8(12,13)14)15-5(3)7(9,10)11/h1-2H3. The fourth-order valence-corrected chi connectivity index (χ4v) is 2.18. The van der Waals surface area contributed by atoms with E-state index in [9.17, 15) is 26.3 Å². The minimum Gasteiger partial charge on any atom is -0.165 e. The highest BCUT2D eigenvalue weighted by atomic mass is 32.1. The molecule has 0 N–H and O–H groups in total. The second-order valence-electron chi connectivity index (χ2n) is 3.01. The number of halogens is 6. The van der Waals surface area contributed by atoms with Gasteiger partial charge in [-0.2, -0.15) is 26.3 Å². The first-order valence-electron chi connectivity index (χ1n) is 3.79. The van der Waals surface area contributed by atoms with Crippen LogP contribution in [0.25, 0.3) is 0 Å². The zero-order valence-electron chi connectivity index (χ0n) is 7.68. The Hall–Kier alpha value is -0.720. The summed E-state index contributed by atoms with van der Waals surface area (Å²) in [5, 5.41) is 0. The van der Waals surface area contributed by atoms with Crippen molar-refractivity contribution in [2.24, 2.45) is 0 Å². The molecule has 15 heavy (non-hydrogen) atoms. The van der Waals surface area contributed by atoms with Gasteiger partial charge in [0.15, 0.2) is 0 Å². The first-order valence-corrected chi connectivity index (χ1v) is 4.61. The molecular weight excluding hydrogens is 242 g/mol. The maximum absolute atomic E-state index is 12.3. The molecule has 0 unspecified atom stereocenters. The van der Waals surface area contributed by atoms with Gasteiger partial charge in [0.2, 0.25) is 0 Å². The largest absolute Gasteiger partial charge is 0.425 e. The van der Waals surface area contributed by atoms with Crippen molar-refractivity contribution in [3.05, 3.63) is 20.9 Å². The molecule has 0 nitrogen and oxygen atoms in total. The van der Waals surface area contributed by atoms with Gasteiger partial charge in [-0.05, 0) is 25.0 Å². The molecule has 1 aromatic rings. The molecule has 86 valence electrons. The van der Waals surface area contributed by atoms with Crippen molar-refractivity contribution < 1.29 is 26.3 Å². The Bertz CT molecular complexity index is 335. The predicted octanol–water partition coefficient (Wildman–Crippen LogP) is 4.40. The molecule has 0 aliphatic rings. The maximum atomic E-state index is 12.3. The molecule has 0 radical (unpaired) electrons. The van der Waals surface area contributed by atoms with Crippen LogP contribution in [0.15, 0.2) is 0 Å². The quantitative estimate of drug-likeness (QED) is 0.597. The number of hydrogen-bond acceptors (Lipinski definition) is 1. The Kier molecular flexibility index (Phi) is 2.80. The fraction of sp³-hybridized carbons (Fsp3) is 0.500. The first kappa shape index (κ1) is 12.4. The van der Waals surface area contributed by atoms with Crippen molar-refractivity contribution in [3.63, 3.8) is 0 Å². The molecule has 0 atom stereocenters. The molecule has 1 heterocycles. The van der Waals surface area contributed by atoms with E-state index in [0.29, 0.717) is 0 Å².